The molecule has 2 aromatic rings. The van der Waals surface area contributed by atoms with E-state index in [1.54, 1.807) is 32.4 Å². The van der Waals surface area contributed by atoms with Gasteiger partial charge in [0.25, 0.3) is 0 Å². The van der Waals surface area contributed by atoms with Crippen molar-refractivity contribution in [2.24, 2.45) is 5.73 Å². The van der Waals surface area contributed by atoms with Crippen LogP contribution in [0.3, 0.4) is 0 Å². The molecule has 0 aliphatic carbocycles. The van der Waals surface area contributed by atoms with E-state index in [1.165, 1.54) is 27.9 Å². The first-order chi connectivity index (χ1) is 22.6. The molecule has 20 nitrogen and oxygen atoms in total. The Labute approximate surface area is 290 Å². The number of nitrogens with zero attached hydrogens (tertiary/aromatic N) is 3. The highest BCUT2D eigenvalue weighted by Gasteiger charge is 2.43. The van der Waals surface area contributed by atoms with Crippen molar-refractivity contribution in [3.63, 3.8) is 0 Å². The molecule has 0 radical (unpaired) electrons. The summed E-state index contributed by atoms with van der Waals surface area (Å²) in [6.07, 6.45) is 1.58. The average molecular weight is 815 g/mol. The highest BCUT2D eigenvalue weighted by molar-refractivity contribution is 8.76. The quantitative estimate of drug-likeness (QED) is 0.0352. The number of amides is 1. The number of phosphoric acid groups is 3. The van der Waals surface area contributed by atoms with Crippen molar-refractivity contribution in [1.29, 1.82) is 0 Å². The van der Waals surface area contributed by atoms with Gasteiger partial charge in [-0.1, -0.05) is 55.0 Å². The molecule has 1 amide bonds. The minimum absolute atomic E-state index is 0.0419. The molecule has 3 heterocycles. The van der Waals surface area contributed by atoms with Crippen molar-refractivity contribution in [3.8, 4) is 11.8 Å². The maximum absolute atomic E-state index is 12.3. The summed E-state index contributed by atoms with van der Waals surface area (Å²) in [5.41, 5.74) is 12.3. The number of hydrogen-bond acceptors (Lipinski definition) is 18. The molecule has 3 rings (SSSR count). The van der Waals surface area contributed by atoms with Gasteiger partial charge in [-0.05, 0) is 6.26 Å². The Morgan fingerprint density at radius 1 is 1.15 bits per heavy atom. The predicted octanol–water partition coefficient (Wildman–Crippen LogP) is 2.42. The zero-order valence-electron chi connectivity index (χ0n) is 24.9. The monoisotopic (exact) mass is 814 g/mol. The van der Waals surface area contributed by atoms with Crippen LogP contribution in [0.15, 0.2) is 12.5 Å². The second kappa shape index (κ2) is 19.5. The first-order valence-electron chi connectivity index (χ1n) is 13.3. The van der Waals surface area contributed by atoms with Crippen LogP contribution in [0.4, 0.5) is 10.6 Å². The zero-order valence-corrected chi connectivity index (χ0v) is 30.8. The lowest BCUT2D eigenvalue weighted by atomic mass is 10.2. The highest BCUT2D eigenvalue weighted by atomic mass is 33.1. The lowest BCUT2D eigenvalue weighted by Crippen LogP contribution is -2.28. The Morgan fingerprint density at radius 3 is 2.60 bits per heavy atom. The maximum Gasteiger partial charge on any atom is 0.490 e. The van der Waals surface area contributed by atoms with Gasteiger partial charge in [-0.2, -0.15) is 8.62 Å². The molecular weight excluding hydrogens is 781 g/mol. The smallest absolute Gasteiger partial charge is 0.449 e. The number of anilines is 1. The van der Waals surface area contributed by atoms with Gasteiger partial charge in [-0.3, -0.25) is 4.52 Å². The maximum atomic E-state index is 12.3. The topological polar surface area (TPSA) is 299 Å². The van der Waals surface area contributed by atoms with E-state index in [4.69, 9.17) is 40.0 Å². The molecule has 5 atom stereocenters. The molecule has 1 aliphatic heterocycles. The van der Waals surface area contributed by atoms with Crippen LogP contribution in [-0.2, 0) is 41.1 Å². The minimum atomic E-state index is -5.71. The highest BCUT2D eigenvalue weighted by Crippen LogP contribution is 2.66. The molecule has 48 heavy (non-hydrogen) atoms. The minimum Gasteiger partial charge on any atom is -0.449 e. The van der Waals surface area contributed by atoms with Gasteiger partial charge in [0.15, 0.2) is 0 Å². The summed E-state index contributed by atoms with van der Waals surface area (Å²) in [7, 11) is -10.8. The number of nitrogen functional groups attached to an aromatic ring is 1. The molecular formula is C21H33N6O14P3S4. The van der Waals surface area contributed by atoms with E-state index in [2.05, 4.69) is 35.7 Å². The average Bonchev–Trinajstić information content (AvgIpc) is 3.56. The normalized spacial score (nSPS) is 20.5. The van der Waals surface area contributed by atoms with Crippen LogP contribution in [0.1, 0.15) is 18.2 Å². The van der Waals surface area contributed by atoms with Crippen molar-refractivity contribution in [2.75, 3.05) is 55.7 Å². The van der Waals surface area contributed by atoms with Crippen molar-refractivity contribution in [1.82, 2.24) is 19.9 Å². The van der Waals surface area contributed by atoms with E-state index in [-0.39, 0.29) is 31.3 Å². The van der Waals surface area contributed by atoms with E-state index >= 15 is 0 Å². The van der Waals surface area contributed by atoms with E-state index in [1.807, 2.05) is 6.26 Å². The summed E-state index contributed by atoms with van der Waals surface area (Å²) in [5.74, 6) is 7.45. The molecule has 0 saturated carbocycles. The van der Waals surface area contributed by atoms with Gasteiger partial charge in [0, 0.05) is 30.7 Å². The van der Waals surface area contributed by atoms with Gasteiger partial charge < -0.3 is 55.1 Å². The third kappa shape index (κ3) is 13.9. The number of phosphoric ester groups is 1. The lowest BCUT2D eigenvalue weighted by molar-refractivity contribution is -0.0520. The fraction of sp³-hybridized carbons (Fsp3) is 0.571. The summed E-state index contributed by atoms with van der Waals surface area (Å²) in [5, 5.41) is 2.93. The molecule has 1 aliphatic rings. The van der Waals surface area contributed by atoms with Crippen LogP contribution in [0, 0.1) is 11.8 Å². The van der Waals surface area contributed by atoms with Crippen LogP contribution in [-0.4, -0.2) is 102 Å². The molecule has 1 fully saturated rings. The molecule has 9 N–H and O–H groups in total. The molecule has 2 aromatic heterocycles. The second-order valence-electron chi connectivity index (χ2n) is 8.99. The standard InChI is InChI=1S/C21H33N6O14P3S4/c1-45-48-13-37-15-9-17(39-16(15)11-38-43(32,33)41-44(34,35)40-42(29,30)31)27-10-14(18-19(23)25-12-26-20(18)27)3-2-5-24-21(28)36-6-8-47-46-7-4-22/h10,12,15-17H,4-9,11,13,22H2,1H3,(H,24,28)(H,32,33)(H,34,35)(H2,23,25,26)(H2,29,30,31)/t15-,16-,17-/m1/s1. The molecule has 270 valence electrons. The van der Waals surface area contributed by atoms with Gasteiger partial charge in [0.05, 0.1) is 30.2 Å². The Balaban J connectivity index is 1.72. The summed E-state index contributed by atoms with van der Waals surface area (Å²) in [4.78, 5) is 57.1. The van der Waals surface area contributed by atoms with E-state index in [9.17, 15) is 28.3 Å². The van der Waals surface area contributed by atoms with Gasteiger partial charge in [0.1, 0.15) is 42.7 Å². The molecule has 2 unspecified atom stereocenters. The second-order valence-corrected chi connectivity index (χ2v) is 18.6. The fourth-order valence-electron chi connectivity index (χ4n) is 3.89. The Kier molecular flexibility index (Phi) is 16.8. The largest absolute Gasteiger partial charge is 0.490 e. The molecule has 0 spiro atoms. The van der Waals surface area contributed by atoms with Crippen molar-refractivity contribution >= 4 is 89.6 Å². The van der Waals surface area contributed by atoms with E-state index < -0.39 is 54.6 Å². The number of carbonyl (C=O) groups excluding carboxylic acids is 1. The third-order valence-corrected chi connectivity index (χ3v) is 13.3. The number of rotatable bonds is 19. The summed E-state index contributed by atoms with van der Waals surface area (Å²) >= 11 is 0. The van der Waals surface area contributed by atoms with Crippen LogP contribution in [0.2, 0.25) is 0 Å². The number of aromatic nitrogens is 3. The van der Waals surface area contributed by atoms with E-state index in [0.717, 1.165) is 5.75 Å². The van der Waals surface area contributed by atoms with Crippen LogP contribution >= 0.6 is 66.6 Å². The van der Waals surface area contributed by atoms with Crippen molar-refractivity contribution in [2.45, 2.75) is 24.9 Å². The molecule has 0 bridgehead atoms. The van der Waals surface area contributed by atoms with Gasteiger partial charge in [-0.15, -0.1) is 0 Å². The number of carbonyl (C=O) groups is 1. The number of ether oxygens (including phenoxy) is 3. The third-order valence-electron chi connectivity index (χ3n) is 5.62. The lowest BCUT2D eigenvalue weighted by Gasteiger charge is -2.21. The van der Waals surface area contributed by atoms with Crippen LogP contribution in [0.5, 0.6) is 0 Å². The summed E-state index contributed by atoms with van der Waals surface area (Å²) in [6.45, 7) is 0.0217. The summed E-state index contributed by atoms with van der Waals surface area (Å²) < 4.78 is 65.9. The fourth-order valence-corrected chi connectivity index (χ4v) is 9.39. The van der Waals surface area contributed by atoms with Gasteiger partial charge >= 0.3 is 29.6 Å². The number of nitrogens with two attached hydrogens (primary N) is 2. The van der Waals surface area contributed by atoms with Gasteiger partial charge in [0.2, 0.25) is 0 Å². The SMILES string of the molecule is CSSCO[C@@H]1C[C@H](n2cc(C#CCNC(=O)OCCSSCCN)c3c(N)ncnc32)O[C@@H]1COP(=O)(O)OP(=O)(O)OP(=O)(O)O. The van der Waals surface area contributed by atoms with Crippen molar-refractivity contribution < 1.29 is 65.4 Å². The molecule has 0 aromatic carbocycles. The first kappa shape index (κ1) is 41.4. The van der Waals surface area contributed by atoms with E-state index in [0.29, 0.717) is 28.9 Å². The van der Waals surface area contributed by atoms with Crippen LogP contribution < -0.4 is 16.8 Å². The first-order valence-corrected chi connectivity index (χ1v) is 23.0. The van der Waals surface area contributed by atoms with Crippen molar-refractivity contribution in [3.05, 3.63) is 18.1 Å². The number of alkyl carbamates (subject to hydrolysis) is 1. The predicted molar refractivity (Wildman–Crippen MR) is 181 cm³/mol. The molecule has 27 heteroatoms. The van der Waals surface area contributed by atoms with Crippen LogP contribution in [0.25, 0.3) is 11.0 Å². The Morgan fingerprint density at radius 2 is 1.90 bits per heavy atom. The number of fused-ring (bicyclic) bond motifs is 1. The van der Waals surface area contributed by atoms with Gasteiger partial charge in [-0.25, -0.2) is 28.5 Å². The Bertz CT molecular complexity index is 1590. The summed E-state index contributed by atoms with van der Waals surface area (Å²) in [6, 6.07) is 0. The number of nitrogens with one attached hydrogen (secondary N) is 1. The molecule has 1 saturated heterocycles. The number of hydrogen-bond donors (Lipinski definition) is 7. The zero-order chi connectivity index (χ0) is 35.4. The Hall–Kier alpha value is -1.06.